The number of nitrogens with zero attached hydrogens (tertiary/aromatic N) is 4. The molecule has 160 valence electrons. The minimum atomic E-state index is -0.490. The van der Waals surface area contributed by atoms with Crippen LogP contribution in [0.1, 0.15) is 32.8 Å². The van der Waals surface area contributed by atoms with Gasteiger partial charge in [0, 0.05) is 24.5 Å². The zero-order valence-corrected chi connectivity index (χ0v) is 18.0. The molecule has 2 heterocycles. The van der Waals surface area contributed by atoms with E-state index in [1.165, 1.54) is 0 Å². The van der Waals surface area contributed by atoms with E-state index >= 15 is 0 Å². The van der Waals surface area contributed by atoms with Gasteiger partial charge < -0.3 is 15.7 Å². The van der Waals surface area contributed by atoms with Crippen molar-refractivity contribution < 1.29 is 5.11 Å². The molecule has 30 heavy (non-hydrogen) atoms. The summed E-state index contributed by atoms with van der Waals surface area (Å²) >= 11 is 0. The Kier molecular flexibility index (Phi) is 9.15. The number of aliphatic hydroxyl groups excluding tert-OH is 1. The van der Waals surface area contributed by atoms with Crippen LogP contribution < -0.4 is 10.6 Å². The van der Waals surface area contributed by atoms with Gasteiger partial charge in [0.25, 0.3) is 0 Å². The average molecular weight is 409 g/mol. The number of rotatable bonds is 7. The zero-order chi connectivity index (χ0) is 21.8. The number of hydrogen-bond donors (Lipinski definition) is 3. The smallest absolute Gasteiger partial charge is 0.124 e. The van der Waals surface area contributed by atoms with Gasteiger partial charge in [0.15, 0.2) is 0 Å². The van der Waals surface area contributed by atoms with Crippen molar-refractivity contribution in [3.63, 3.8) is 0 Å². The molecule has 1 aliphatic rings. The molecule has 3 N–H and O–H groups in total. The quantitative estimate of drug-likeness (QED) is 0.605. The number of aliphatic imine (C=N–C) groups is 3. The summed E-state index contributed by atoms with van der Waals surface area (Å²) in [7, 11) is 0. The lowest BCUT2D eigenvalue weighted by molar-refractivity contribution is 0.244. The van der Waals surface area contributed by atoms with Crippen LogP contribution in [0.5, 0.6) is 0 Å². The molecule has 0 spiro atoms. The Hall–Kier alpha value is -3.06. The van der Waals surface area contributed by atoms with E-state index in [1.807, 2.05) is 38.1 Å². The third-order valence-electron chi connectivity index (χ3n) is 4.24. The highest BCUT2D eigenvalue weighted by Crippen LogP contribution is 2.10. The van der Waals surface area contributed by atoms with E-state index in [1.54, 1.807) is 37.8 Å². The van der Waals surface area contributed by atoms with Gasteiger partial charge in [0.1, 0.15) is 11.5 Å². The van der Waals surface area contributed by atoms with Crippen molar-refractivity contribution in [2.75, 3.05) is 19.6 Å². The lowest BCUT2D eigenvalue weighted by Gasteiger charge is -2.23. The van der Waals surface area contributed by atoms with Crippen LogP contribution in [-0.2, 0) is 0 Å². The molecule has 0 fully saturated rings. The predicted molar refractivity (Wildman–Crippen MR) is 125 cm³/mol. The van der Waals surface area contributed by atoms with Crippen molar-refractivity contribution in [2.24, 2.45) is 15.0 Å². The van der Waals surface area contributed by atoms with Crippen LogP contribution >= 0.6 is 0 Å². The van der Waals surface area contributed by atoms with Crippen molar-refractivity contribution in [3.8, 4) is 0 Å². The Balaban J connectivity index is 2.11. The molecule has 0 bridgehead atoms. The molecule has 0 saturated heterocycles. The van der Waals surface area contributed by atoms with Gasteiger partial charge in [0.05, 0.1) is 31.2 Å². The van der Waals surface area contributed by atoms with Crippen LogP contribution in [0.15, 0.2) is 76.0 Å². The van der Waals surface area contributed by atoms with Gasteiger partial charge in [-0.05, 0) is 38.8 Å². The van der Waals surface area contributed by atoms with Crippen molar-refractivity contribution in [2.45, 2.75) is 39.0 Å². The molecule has 1 unspecified atom stereocenters. The number of aliphatic hydroxyl groups is 1. The summed E-state index contributed by atoms with van der Waals surface area (Å²) in [5.41, 5.74) is 2.40. The second kappa shape index (κ2) is 11.8. The third kappa shape index (κ3) is 8.53. The fourth-order valence-electron chi connectivity index (χ4n) is 2.75. The molecular formula is C23H32N6O. The summed E-state index contributed by atoms with van der Waals surface area (Å²) in [5, 5.41) is 16.1. The summed E-state index contributed by atoms with van der Waals surface area (Å²) in [4.78, 5) is 18.2. The standard InChI is InChI=1S/C23H32N6O/c1-5-7-19(10-9-18(2)30)11-13-26-22-16-25-17-28-23(3,4)29-21(15-27-22)20-8-6-12-24-14-20/h5-10,12,14,17-18,30H,1,11,13,15-16H2,2-4H3,(H,25,28)(H,26,27)/b10-9-,19-7+,29-21+. The van der Waals surface area contributed by atoms with Gasteiger partial charge in [-0.25, -0.2) is 0 Å². The van der Waals surface area contributed by atoms with Crippen molar-refractivity contribution in [3.05, 3.63) is 66.5 Å². The maximum absolute atomic E-state index is 9.45. The maximum atomic E-state index is 9.45. The van der Waals surface area contributed by atoms with E-state index in [-0.39, 0.29) is 0 Å². The lowest BCUT2D eigenvalue weighted by Crippen LogP contribution is -2.39. The Bertz CT molecular complexity index is 835. The second-order valence-corrected chi connectivity index (χ2v) is 7.49. The number of hydrogen-bond acceptors (Lipinski definition) is 7. The molecule has 0 saturated carbocycles. The van der Waals surface area contributed by atoms with E-state index in [0.717, 1.165) is 29.1 Å². The van der Waals surface area contributed by atoms with Gasteiger partial charge in [-0.2, -0.15) is 0 Å². The Labute approximate surface area is 179 Å². The Morgan fingerprint density at radius 3 is 2.93 bits per heavy atom. The molecule has 1 aromatic rings. The van der Waals surface area contributed by atoms with Gasteiger partial charge in [-0.15, -0.1) is 0 Å². The van der Waals surface area contributed by atoms with Crippen LogP contribution in [0.4, 0.5) is 0 Å². The first-order valence-electron chi connectivity index (χ1n) is 10.1. The predicted octanol–water partition coefficient (Wildman–Crippen LogP) is 2.67. The largest absolute Gasteiger partial charge is 0.389 e. The van der Waals surface area contributed by atoms with E-state index < -0.39 is 11.8 Å². The number of aromatic nitrogens is 1. The van der Waals surface area contributed by atoms with Crippen molar-refractivity contribution >= 4 is 17.9 Å². The molecule has 2 rings (SSSR count). The van der Waals surface area contributed by atoms with E-state index in [0.29, 0.717) is 19.6 Å². The Morgan fingerprint density at radius 2 is 2.23 bits per heavy atom. The SMILES string of the molecule is C=C/C=C(\C=C/C(C)O)CCN/C1=N/C/C(c2cccnc2)=N\C(C)(C)N/C=N\C1. The van der Waals surface area contributed by atoms with Gasteiger partial charge >= 0.3 is 0 Å². The van der Waals surface area contributed by atoms with Crippen LogP contribution in [0.3, 0.4) is 0 Å². The summed E-state index contributed by atoms with van der Waals surface area (Å²) in [6, 6.07) is 3.89. The fourth-order valence-corrected chi connectivity index (χ4v) is 2.75. The normalized spacial score (nSPS) is 22.7. The van der Waals surface area contributed by atoms with Crippen LogP contribution in [0.2, 0.25) is 0 Å². The minimum absolute atomic E-state index is 0.436. The first-order chi connectivity index (χ1) is 14.4. The molecule has 0 amide bonds. The summed E-state index contributed by atoms with van der Waals surface area (Å²) in [5.74, 6) is 0.793. The summed E-state index contributed by atoms with van der Waals surface area (Å²) < 4.78 is 0. The average Bonchev–Trinajstić information content (AvgIpc) is 2.72. The van der Waals surface area contributed by atoms with Crippen molar-refractivity contribution in [1.82, 2.24) is 15.6 Å². The van der Waals surface area contributed by atoms with Crippen molar-refractivity contribution in [1.29, 1.82) is 0 Å². The molecule has 0 aromatic carbocycles. The van der Waals surface area contributed by atoms with E-state index in [9.17, 15) is 5.11 Å². The molecule has 0 aliphatic carbocycles. The number of nitrogens with one attached hydrogen (secondary N) is 2. The van der Waals surface area contributed by atoms with E-state index in [2.05, 4.69) is 27.2 Å². The minimum Gasteiger partial charge on any atom is -0.389 e. The highest BCUT2D eigenvalue weighted by molar-refractivity contribution is 6.03. The number of amidine groups is 1. The van der Waals surface area contributed by atoms with Gasteiger partial charge in [0.2, 0.25) is 0 Å². The summed E-state index contributed by atoms with van der Waals surface area (Å²) in [6.45, 7) is 11.0. The van der Waals surface area contributed by atoms with Crippen LogP contribution in [0, 0.1) is 0 Å². The van der Waals surface area contributed by atoms with Gasteiger partial charge in [-0.1, -0.05) is 36.9 Å². The monoisotopic (exact) mass is 408 g/mol. The number of pyridine rings is 1. The first-order valence-corrected chi connectivity index (χ1v) is 10.1. The third-order valence-corrected chi connectivity index (χ3v) is 4.24. The topological polar surface area (TPSA) is 94.3 Å². The molecule has 7 nitrogen and oxygen atoms in total. The molecule has 7 heteroatoms. The fraction of sp³-hybridized carbons (Fsp3) is 0.391. The number of allylic oxidation sites excluding steroid dienone is 3. The second-order valence-electron chi connectivity index (χ2n) is 7.49. The Morgan fingerprint density at radius 1 is 1.40 bits per heavy atom. The zero-order valence-electron chi connectivity index (χ0n) is 18.0. The molecule has 0 radical (unpaired) electrons. The highest BCUT2D eigenvalue weighted by atomic mass is 16.3. The lowest BCUT2D eigenvalue weighted by atomic mass is 10.1. The molecule has 1 atom stereocenters. The highest BCUT2D eigenvalue weighted by Gasteiger charge is 2.17. The molecule has 1 aromatic heterocycles. The molecule has 1 aliphatic heterocycles. The first kappa shape index (κ1) is 23.2. The van der Waals surface area contributed by atoms with Crippen LogP contribution in [0.25, 0.3) is 0 Å². The van der Waals surface area contributed by atoms with Gasteiger partial charge in [-0.3, -0.25) is 20.0 Å². The maximum Gasteiger partial charge on any atom is 0.124 e. The van der Waals surface area contributed by atoms with Crippen LogP contribution in [-0.4, -0.2) is 59.4 Å². The summed E-state index contributed by atoms with van der Waals surface area (Å²) in [6.07, 6.45) is 12.9. The van der Waals surface area contributed by atoms with E-state index in [4.69, 9.17) is 9.98 Å². The molecular weight excluding hydrogens is 376 g/mol.